The van der Waals surface area contributed by atoms with Crippen LogP contribution < -0.4 is 4.90 Å². The number of aromatic nitrogens is 2. The smallest absolute Gasteiger partial charge is 0.241 e. The molecule has 0 unspecified atom stereocenters. The highest BCUT2D eigenvalue weighted by Crippen LogP contribution is 2.46. The van der Waals surface area contributed by atoms with Crippen molar-refractivity contribution in [2.45, 2.75) is 26.2 Å². The number of anilines is 2. The Labute approximate surface area is 147 Å². The van der Waals surface area contributed by atoms with E-state index in [1.165, 1.54) is 0 Å². The van der Waals surface area contributed by atoms with Crippen LogP contribution in [0.3, 0.4) is 0 Å². The van der Waals surface area contributed by atoms with Crippen molar-refractivity contribution in [1.29, 1.82) is 0 Å². The molecule has 0 bridgehead atoms. The fourth-order valence-electron chi connectivity index (χ4n) is 3.30. The fraction of sp³-hybridized carbons (Fsp3) is 0.190. The molecule has 2 heterocycles. The Morgan fingerprint density at radius 2 is 1.60 bits per heavy atom. The summed E-state index contributed by atoms with van der Waals surface area (Å²) in [7, 11) is 0. The zero-order valence-corrected chi connectivity index (χ0v) is 14.5. The van der Waals surface area contributed by atoms with Gasteiger partial charge in [0, 0.05) is 23.6 Å². The number of nitrogens with zero attached hydrogens (tertiary/aromatic N) is 3. The highest BCUT2D eigenvalue weighted by Gasteiger charge is 2.44. The third kappa shape index (κ3) is 2.41. The summed E-state index contributed by atoms with van der Waals surface area (Å²) >= 11 is 0. The van der Waals surface area contributed by atoms with Crippen LogP contribution in [0.25, 0.3) is 11.1 Å². The van der Waals surface area contributed by atoms with Crippen LogP contribution in [0.2, 0.25) is 0 Å². The molecule has 4 nitrogen and oxygen atoms in total. The van der Waals surface area contributed by atoms with Gasteiger partial charge in [-0.1, -0.05) is 30.3 Å². The molecule has 0 atom stereocenters. The summed E-state index contributed by atoms with van der Waals surface area (Å²) in [6, 6.07) is 15.9. The SMILES string of the molecule is Cc1ncc(-c2ccc3c(c2)N(c2ccccc2)C(=O)C3(C)C)cn1. The van der Waals surface area contributed by atoms with Crippen molar-refractivity contribution >= 4 is 17.3 Å². The van der Waals surface area contributed by atoms with Crippen LogP contribution in [-0.2, 0) is 10.2 Å². The second kappa shape index (κ2) is 5.52. The number of fused-ring (bicyclic) bond motifs is 1. The number of carbonyl (C=O) groups excluding carboxylic acids is 1. The van der Waals surface area contributed by atoms with Crippen LogP contribution in [0.4, 0.5) is 11.4 Å². The molecule has 0 aliphatic carbocycles. The average Bonchev–Trinajstić information content (AvgIpc) is 2.82. The van der Waals surface area contributed by atoms with Crippen LogP contribution in [0.15, 0.2) is 60.9 Å². The Balaban J connectivity index is 1.88. The summed E-state index contributed by atoms with van der Waals surface area (Å²) in [4.78, 5) is 23.4. The number of amides is 1. The number of hydrogen-bond acceptors (Lipinski definition) is 3. The lowest BCUT2D eigenvalue weighted by atomic mass is 9.85. The Kier molecular flexibility index (Phi) is 3.42. The molecule has 2 aromatic carbocycles. The van der Waals surface area contributed by atoms with Gasteiger partial charge in [-0.05, 0) is 50.1 Å². The molecule has 4 heteroatoms. The topological polar surface area (TPSA) is 46.1 Å². The average molecular weight is 329 g/mol. The van der Waals surface area contributed by atoms with Crippen molar-refractivity contribution in [3.8, 4) is 11.1 Å². The van der Waals surface area contributed by atoms with Crippen molar-refractivity contribution in [3.63, 3.8) is 0 Å². The third-order valence-corrected chi connectivity index (χ3v) is 4.78. The minimum absolute atomic E-state index is 0.0889. The van der Waals surface area contributed by atoms with E-state index in [0.29, 0.717) is 0 Å². The first-order valence-corrected chi connectivity index (χ1v) is 8.31. The first-order valence-electron chi connectivity index (χ1n) is 8.31. The predicted molar refractivity (Wildman–Crippen MR) is 98.8 cm³/mol. The first-order chi connectivity index (χ1) is 12.0. The van der Waals surface area contributed by atoms with Crippen LogP contribution in [0.1, 0.15) is 25.2 Å². The molecule has 0 N–H and O–H groups in total. The van der Waals surface area contributed by atoms with Gasteiger partial charge in [-0.15, -0.1) is 0 Å². The van der Waals surface area contributed by atoms with Gasteiger partial charge in [-0.2, -0.15) is 0 Å². The molecule has 1 aliphatic rings. The molecule has 1 aromatic heterocycles. The molecular formula is C21H19N3O. The van der Waals surface area contributed by atoms with Gasteiger partial charge in [0.15, 0.2) is 0 Å². The number of rotatable bonds is 2. The standard InChI is InChI=1S/C21H19N3O/c1-14-22-12-16(13-23-14)15-9-10-18-19(11-15)24(20(25)21(18,2)3)17-7-5-4-6-8-17/h4-13H,1-3H3. The maximum Gasteiger partial charge on any atom is 0.241 e. The van der Waals surface area contributed by atoms with E-state index < -0.39 is 5.41 Å². The van der Waals surface area contributed by atoms with Crippen LogP contribution in [-0.4, -0.2) is 15.9 Å². The zero-order valence-electron chi connectivity index (χ0n) is 14.5. The normalized spacial score (nSPS) is 15.3. The van der Waals surface area contributed by atoms with E-state index in [4.69, 9.17) is 0 Å². The summed E-state index contributed by atoms with van der Waals surface area (Å²) in [6.07, 6.45) is 3.64. The van der Waals surface area contributed by atoms with Gasteiger partial charge in [0.2, 0.25) is 5.91 Å². The second-order valence-corrected chi connectivity index (χ2v) is 6.85. The third-order valence-electron chi connectivity index (χ3n) is 4.78. The number of benzene rings is 2. The van der Waals surface area contributed by atoms with Gasteiger partial charge in [0.1, 0.15) is 5.82 Å². The quantitative estimate of drug-likeness (QED) is 0.700. The van der Waals surface area contributed by atoms with Gasteiger partial charge < -0.3 is 0 Å². The van der Waals surface area contributed by atoms with Gasteiger partial charge >= 0.3 is 0 Å². The highest BCUT2D eigenvalue weighted by molar-refractivity contribution is 6.12. The van der Waals surface area contributed by atoms with Crippen molar-refractivity contribution in [1.82, 2.24) is 9.97 Å². The molecule has 0 spiro atoms. The molecule has 1 aliphatic heterocycles. The van der Waals surface area contributed by atoms with E-state index >= 15 is 0 Å². The molecule has 124 valence electrons. The largest absolute Gasteiger partial charge is 0.280 e. The highest BCUT2D eigenvalue weighted by atomic mass is 16.2. The maximum absolute atomic E-state index is 13.1. The number of carbonyl (C=O) groups is 1. The molecule has 0 radical (unpaired) electrons. The monoisotopic (exact) mass is 329 g/mol. The predicted octanol–water partition coefficient (Wildman–Crippen LogP) is 4.41. The van der Waals surface area contributed by atoms with E-state index in [9.17, 15) is 4.79 Å². The minimum atomic E-state index is -0.548. The Bertz CT molecular complexity index is 947. The molecule has 25 heavy (non-hydrogen) atoms. The van der Waals surface area contributed by atoms with Gasteiger partial charge in [-0.25, -0.2) is 9.97 Å². The van der Waals surface area contributed by atoms with Crippen LogP contribution in [0, 0.1) is 6.92 Å². The summed E-state index contributed by atoms with van der Waals surface area (Å²) < 4.78 is 0. The van der Waals surface area contributed by atoms with Gasteiger partial charge in [0.25, 0.3) is 0 Å². The first kappa shape index (κ1) is 15.5. The lowest BCUT2D eigenvalue weighted by Gasteiger charge is -2.20. The Hall–Kier alpha value is -3.01. The summed E-state index contributed by atoms with van der Waals surface area (Å²) in [6.45, 7) is 5.82. The molecule has 3 aromatic rings. The van der Waals surface area contributed by atoms with Crippen LogP contribution in [0.5, 0.6) is 0 Å². The van der Waals surface area contributed by atoms with Crippen molar-refractivity contribution < 1.29 is 4.79 Å². The fourth-order valence-corrected chi connectivity index (χ4v) is 3.30. The van der Waals surface area contributed by atoms with Gasteiger partial charge in [-0.3, -0.25) is 9.69 Å². The Morgan fingerprint density at radius 3 is 2.28 bits per heavy atom. The zero-order chi connectivity index (χ0) is 17.6. The molecule has 0 fully saturated rings. The van der Waals surface area contributed by atoms with Crippen molar-refractivity contribution in [2.75, 3.05) is 4.90 Å². The molecule has 4 rings (SSSR count). The summed E-state index contributed by atoms with van der Waals surface area (Å²) in [5, 5.41) is 0. The number of aryl methyl sites for hydroxylation is 1. The molecule has 0 saturated carbocycles. The molecular weight excluding hydrogens is 310 g/mol. The number of hydrogen-bond donors (Lipinski definition) is 0. The number of para-hydroxylation sites is 1. The van der Waals surface area contributed by atoms with E-state index in [-0.39, 0.29) is 5.91 Å². The van der Waals surface area contributed by atoms with Crippen molar-refractivity contribution in [2.24, 2.45) is 0 Å². The summed E-state index contributed by atoms with van der Waals surface area (Å²) in [5.74, 6) is 0.832. The minimum Gasteiger partial charge on any atom is -0.280 e. The van der Waals surface area contributed by atoms with E-state index in [1.54, 1.807) is 0 Å². The lowest BCUT2D eigenvalue weighted by Crippen LogP contribution is -2.33. The van der Waals surface area contributed by atoms with E-state index in [0.717, 1.165) is 33.9 Å². The van der Waals surface area contributed by atoms with E-state index in [2.05, 4.69) is 16.0 Å². The molecule has 0 saturated heterocycles. The molecule has 1 amide bonds. The second-order valence-electron chi connectivity index (χ2n) is 6.85. The Morgan fingerprint density at radius 1 is 0.920 bits per heavy atom. The van der Waals surface area contributed by atoms with Crippen LogP contribution >= 0.6 is 0 Å². The van der Waals surface area contributed by atoms with Crippen molar-refractivity contribution in [3.05, 3.63) is 72.3 Å². The maximum atomic E-state index is 13.1. The summed E-state index contributed by atoms with van der Waals surface area (Å²) in [5.41, 5.74) is 4.26. The lowest BCUT2D eigenvalue weighted by molar-refractivity contribution is -0.121. The van der Waals surface area contributed by atoms with E-state index in [1.807, 2.05) is 80.5 Å². The van der Waals surface area contributed by atoms with Gasteiger partial charge in [0.05, 0.1) is 11.1 Å².